The van der Waals surface area contributed by atoms with Crippen molar-refractivity contribution in [1.82, 2.24) is 0 Å². The molecule has 2 nitrogen and oxygen atoms in total. The van der Waals surface area contributed by atoms with Gasteiger partial charge < -0.3 is 5.11 Å². The molecule has 1 aliphatic carbocycles. The number of phenols is 1. The second-order valence-electron chi connectivity index (χ2n) is 3.24. The van der Waals surface area contributed by atoms with Gasteiger partial charge in [0.05, 0.1) is 0 Å². The molecule has 2 rings (SSSR count). The Bertz CT molecular complexity index is 371. The Morgan fingerprint density at radius 1 is 1.23 bits per heavy atom. The molecule has 0 fully saturated rings. The third-order valence-electron chi connectivity index (χ3n) is 2.38. The largest absolute Gasteiger partial charge is 0.508 e. The quantitative estimate of drug-likeness (QED) is 0.690. The number of Topliss-reactive ketones (excluding diaryl/α,β-unsaturated/α-hetero) is 1. The van der Waals surface area contributed by atoms with Crippen LogP contribution in [-0.4, -0.2) is 10.9 Å². The van der Waals surface area contributed by atoms with Crippen LogP contribution in [0, 0.1) is 0 Å². The van der Waals surface area contributed by atoms with Gasteiger partial charge in [0.25, 0.3) is 0 Å². The number of fused-ring (bicyclic) bond motifs is 1. The van der Waals surface area contributed by atoms with Gasteiger partial charge in [0.2, 0.25) is 0 Å². The van der Waals surface area contributed by atoms with E-state index < -0.39 is 0 Å². The molecule has 0 radical (unpaired) electrons. The molecule has 0 aliphatic heterocycles. The van der Waals surface area contributed by atoms with Crippen LogP contribution in [0.5, 0.6) is 5.75 Å². The van der Waals surface area contributed by atoms with Crippen molar-refractivity contribution in [2.45, 2.75) is 19.3 Å². The van der Waals surface area contributed by atoms with Crippen molar-refractivity contribution in [2.24, 2.45) is 0 Å². The van der Waals surface area contributed by atoms with Gasteiger partial charge in [-0.15, -0.1) is 0 Å². The summed E-state index contributed by atoms with van der Waals surface area (Å²) in [6.07, 6.45) is 1.51. The fourth-order valence-corrected chi connectivity index (χ4v) is 1.94. The van der Waals surface area contributed by atoms with Crippen molar-refractivity contribution in [3.05, 3.63) is 28.3 Å². The molecule has 0 saturated heterocycles. The standard InChI is InChI=1S/C10H9ClO2/c11-9-3-4-10(13)8-5-6(12)1-2-7(8)9/h3-4,13H,1-2,5H2. The molecule has 1 aromatic rings. The summed E-state index contributed by atoms with van der Waals surface area (Å²) < 4.78 is 0. The van der Waals surface area contributed by atoms with Gasteiger partial charge >= 0.3 is 0 Å². The zero-order valence-corrected chi connectivity index (χ0v) is 7.77. The molecule has 68 valence electrons. The summed E-state index contributed by atoms with van der Waals surface area (Å²) in [5, 5.41) is 10.1. The molecule has 1 aliphatic rings. The maximum Gasteiger partial charge on any atom is 0.137 e. The van der Waals surface area contributed by atoms with Gasteiger partial charge in [-0.2, -0.15) is 0 Å². The molecule has 3 heteroatoms. The second kappa shape index (κ2) is 3.04. The fourth-order valence-electron chi connectivity index (χ4n) is 1.67. The third-order valence-corrected chi connectivity index (χ3v) is 2.73. The van der Waals surface area contributed by atoms with Gasteiger partial charge in [0, 0.05) is 23.4 Å². The van der Waals surface area contributed by atoms with E-state index in [4.69, 9.17) is 11.6 Å². The van der Waals surface area contributed by atoms with E-state index in [2.05, 4.69) is 0 Å². The lowest BCUT2D eigenvalue weighted by atomic mass is 9.90. The minimum Gasteiger partial charge on any atom is -0.508 e. The summed E-state index contributed by atoms with van der Waals surface area (Å²) in [7, 11) is 0. The average molecular weight is 197 g/mol. The first-order chi connectivity index (χ1) is 6.18. The van der Waals surface area contributed by atoms with Crippen molar-refractivity contribution in [3.63, 3.8) is 0 Å². The highest BCUT2D eigenvalue weighted by molar-refractivity contribution is 6.31. The highest BCUT2D eigenvalue weighted by atomic mass is 35.5. The number of carbonyl (C=O) groups is 1. The minimum atomic E-state index is 0.171. The summed E-state index contributed by atoms with van der Waals surface area (Å²) >= 11 is 5.94. The van der Waals surface area contributed by atoms with Crippen LogP contribution in [0.3, 0.4) is 0 Å². The summed E-state index contributed by atoms with van der Waals surface area (Å²) in [4.78, 5) is 11.1. The highest BCUT2D eigenvalue weighted by Crippen LogP contribution is 2.32. The number of rotatable bonds is 0. The monoisotopic (exact) mass is 196 g/mol. The Balaban J connectivity index is 2.57. The first kappa shape index (κ1) is 8.57. The van der Waals surface area contributed by atoms with Crippen molar-refractivity contribution >= 4 is 17.4 Å². The lowest BCUT2D eigenvalue weighted by molar-refractivity contribution is -0.118. The fraction of sp³-hybridized carbons (Fsp3) is 0.300. The van der Waals surface area contributed by atoms with Crippen LogP contribution < -0.4 is 0 Å². The van der Waals surface area contributed by atoms with Crippen molar-refractivity contribution in [2.75, 3.05) is 0 Å². The number of benzene rings is 1. The lowest BCUT2D eigenvalue weighted by Gasteiger charge is -2.17. The lowest BCUT2D eigenvalue weighted by Crippen LogP contribution is -2.13. The number of ketones is 1. The maximum absolute atomic E-state index is 11.1. The Morgan fingerprint density at radius 2 is 2.00 bits per heavy atom. The molecule has 0 spiro atoms. The Labute approximate surface area is 81.1 Å². The molecule has 0 heterocycles. The molecule has 0 unspecified atom stereocenters. The topological polar surface area (TPSA) is 37.3 Å². The van der Waals surface area contributed by atoms with Crippen LogP contribution in [0.15, 0.2) is 12.1 Å². The molecule has 0 aromatic heterocycles. The van der Waals surface area contributed by atoms with E-state index >= 15 is 0 Å². The van der Waals surface area contributed by atoms with Gasteiger partial charge in [-0.25, -0.2) is 0 Å². The van der Waals surface area contributed by atoms with Crippen LogP contribution >= 0.6 is 11.6 Å². The van der Waals surface area contributed by atoms with Crippen LogP contribution in [-0.2, 0) is 17.6 Å². The summed E-state index contributed by atoms with van der Waals surface area (Å²) in [6, 6.07) is 3.21. The predicted octanol–water partition coefficient (Wildman–Crippen LogP) is 2.10. The van der Waals surface area contributed by atoms with Gasteiger partial charge in [-0.3, -0.25) is 4.79 Å². The first-order valence-corrected chi connectivity index (χ1v) is 4.57. The van der Waals surface area contributed by atoms with Crippen LogP contribution in [0.25, 0.3) is 0 Å². The molecule has 0 amide bonds. The molecule has 0 bridgehead atoms. The van der Waals surface area contributed by atoms with E-state index in [1.54, 1.807) is 12.1 Å². The van der Waals surface area contributed by atoms with E-state index in [1.165, 1.54) is 0 Å². The molecular weight excluding hydrogens is 188 g/mol. The van der Waals surface area contributed by atoms with E-state index in [1.807, 2.05) is 0 Å². The summed E-state index contributed by atoms with van der Waals surface area (Å²) in [5.41, 5.74) is 1.64. The Kier molecular flexibility index (Phi) is 2.00. The molecule has 13 heavy (non-hydrogen) atoms. The number of aromatic hydroxyl groups is 1. The zero-order chi connectivity index (χ0) is 9.42. The Morgan fingerprint density at radius 3 is 2.77 bits per heavy atom. The maximum atomic E-state index is 11.1. The number of hydrogen-bond donors (Lipinski definition) is 1. The van der Waals surface area contributed by atoms with Crippen molar-refractivity contribution < 1.29 is 9.90 Å². The van der Waals surface area contributed by atoms with Crippen LogP contribution in [0.4, 0.5) is 0 Å². The van der Waals surface area contributed by atoms with E-state index in [0.29, 0.717) is 29.8 Å². The number of halogens is 1. The molecule has 1 N–H and O–H groups in total. The van der Waals surface area contributed by atoms with Gasteiger partial charge in [0.15, 0.2) is 0 Å². The predicted molar refractivity (Wildman–Crippen MR) is 50.1 cm³/mol. The zero-order valence-electron chi connectivity index (χ0n) is 7.01. The van der Waals surface area contributed by atoms with Gasteiger partial charge in [-0.05, 0) is 24.1 Å². The summed E-state index contributed by atoms with van der Waals surface area (Å²) in [6.45, 7) is 0. The first-order valence-electron chi connectivity index (χ1n) is 4.19. The SMILES string of the molecule is O=C1CCc2c(Cl)ccc(O)c2C1. The third kappa shape index (κ3) is 1.42. The minimum absolute atomic E-state index is 0.171. The van der Waals surface area contributed by atoms with E-state index in [0.717, 1.165) is 5.56 Å². The Hall–Kier alpha value is -1.02. The van der Waals surface area contributed by atoms with Crippen molar-refractivity contribution in [1.29, 1.82) is 0 Å². The number of phenolic OH excluding ortho intramolecular Hbond substituents is 1. The number of hydrogen-bond acceptors (Lipinski definition) is 2. The smallest absolute Gasteiger partial charge is 0.137 e. The molecular formula is C10H9ClO2. The number of carbonyl (C=O) groups excluding carboxylic acids is 1. The van der Waals surface area contributed by atoms with Crippen LogP contribution in [0.2, 0.25) is 5.02 Å². The summed E-state index contributed by atoms with van der Waals surface area (Å²) in [5.74, 6) is 0.359. The van der Waals surface area contributed by atoms with E-state index in [-0.39, 0.29) is 11.5 Å². The molecule has 0 saturated carbocycles. The second-order valence-corrected chi connectivity index (χ2v) is 3.65. The molecule has 0 atom stereocenters. The highest BCUT2D eigenvalue weighted by Gasteiger charge is 2.20. The van der Waals surface area contributed by atoms with Gasteiger partial charge in [0.1, 0.15) is 11.5 Å². The van der Waals surface area contributed by atoms with Crippen LogP contribution in [0.1, 0.15) is 17.5 Å². The molecule has 1 aromatic carbocycles. The average Bonchev–Trinajstić information content (AvgIpc) is 2.12. The normalized spacial score (nSPS) is 15.6. The van der Waals surface area contributed by atoms with E-state index in [9.17, 15) is 9.90 Å². The van der Waals surface area contributed by atoms with Crippen molar-refractivity contribution in [3.8, 4) is 5.75 Å². The van der Waals surface area contributed by atoms with Gasteiger partial charge in [-0.1, -0.05) is 11.6 Å².